The molecule has 174 valence electrons. The fourth-order valence-electron chi connectivity index (χ4n) is 3.93. The summed E-state index contributed by atoms with van der Waals surface area (Å²) in [5.41, 5.74) is 0.190. The molecule has 0 radical (unpaired) electrons. The fraction of sp³-hybridized carbons (Fsp3) is 0.364. The number of fused-ring (bicyclic) bond motifs is 1. The number of carbonyl (C=O) groups is 1. The quantitative estimate of drug-likeness (QED) is 0.549. The van der Waals surface area contributed by atoms with Crippen molar-refractivity contribution in [2.24, 2.45) is 14.1 Å². The van der Waals surface area contributed by atoms with Crippen molar-refractivity contribution in [2.45, 2.75) is 18.2 Å². The SMILES string of the molecule is Cc1ccc(S(=O)(=O)N2CCCN(C(=O)c3ccc4c(=O)n(C)c(=O)n(C)c4n3)CC2)cc1. The Morgan fingerprint density at radius 2 is 1.61 bits per heavy atom. The van der Waals surface area contributed by atoms with Gasteiger partial charge in [-0.3, -0.25) is 18.7 Å². The molecule has 0 spiro atoms. The Bertz CT molecular complexity index is 1460. The lowest BCUT2D eigenvalue weighted by molar-refractivity contribution is 0.0758. The summed E-state index contributed by atoms with van der Waals surface area (Å²) in [4.78, 5) is 43.8. The van der Waals surface area contributed by atoms with Gasteiger partial charge in [0.25, 0.3) is 11.5 Å². The van der Waals surface area contributed by atoms with E-state index < -0.39 is 21.3 Å². The third-order valence-electron chi connectivity index (χ3n) is 5.92. The Morgan fingerprint density at radius 1 is 0.909 bits per heavy atom. The topological polar surface area (TPSA) is 115 Å². The van der Waals surface area contributed by atoms with Gasteiger partial charge < -0.3 is 4.90 Å². The molecular weight excluding hydrogens is 446 g/mol. The molecule has 3 aromatic rings. The second-order valence-electron chi connectivity index (χ2n) is 8.14. The fourth-order valence-corrected chi connectivity index (χ4v) is 5.40. The number of pyridine rings is 1. The summed E-state index contributed by atoms with van der Waals surface area (Å²) in [5.74, 6) is -0.375. The Balaban J connectivity index is 1.58. The lowest BCUT2D eigenvalue weighted by Gasteiger charge is -2.22. The van der Waals surface area contributed by atoms with Crippen LogP contribution in [0.2, 0.25) is 0 Å². The minimum Gasteiger partial charge on any atom is -0.336 e. The summed E-state index contributed by atoms with van der Waals surface area (Å²) in [7, 11) is -0.782. The van der Waals surface area contributed by atoms with E-state index in [2.05, 4.69) is 4.98 Å². The molecule has 0 bridgehead atoms. The third-order valence-corrected chi connectivity index (χ3v) is 7.83. The van der Waals surface area contributed by atoms with Crippen molar-refractivity contribution < 1.29 is 13.2 Å². The number of amides is 1. The Kier molecular flexibility index (Phi) is 5.93. The predicted octanol–water partition coefficient (Wildman–Crippen LogP) is 0.477. The standard InChI is InChI=1S/C22H25N5O5S/c1-15-5-7-16(8-6-15)33(31,32)27-12-4-11-26(13-14-27)21(29)18-10-9-17-19(23-18)24(2)22(30)25(3)20(17)28/h5-10H,4,11-14H2,1-3H3. The van der Waals surface area contributed by atoms with Gasteiger partial charge >= 0.3 is 5.69 Å². The normalized spacial score (nSPS) is 15.5. The molecule has 11 heteroatoms. The highest BCUT2D eigenvalue weighted by atomic mass is 32.2. The molecule has 10 nitrogen and oxygen atoms in total. The Hall–Kier alpha value is -3.31. The molecule has 1 saturated heterocycles. The highest BCUT2D eigenvalue weighted by molar-refractivity contribution is 7.89. The van der Waals surface area contributed by atoms with E-state index in [-0.39, 0.29) is 40.6 Å². The molecule has 1 amide bonds. The van der Waals surface area contributed by atoms with Crippen LogP contribution in [0.5, 0.6) is 0 Å². The van der Waals surface area contributed by atoms with Crippen LogP contribution in [0.1, 0.15) is 22.5 Å². The summed E-state index contributed by atoms with van der Waals surface area (Å²) in [5, 5.41) is 0.238. The van der Waals surface area contributed by atoms with Crippen molar-refractivity contribution in [1.82, 2.24) is 23.3 Å². The van der Waals surface area contributed by atoms with E-state index in [9.17, 15) is 22.8 Å². The molecule has 4 rings (SSSR count). The van der Waals surface area contributed by atoms with Crippen LogP contribution in [0.25, 0.3) is 11.0 Å². The largest absolute Gasteiger partial charge is 0.336 e. The monoisotopic (exact) mass is 471 g/mol. The molecule has 1 aliphatic rings. The van der Waals surface area contributed by atoms with E-state index in [1.54, 1.807) is 29.2 Å². The average molecular weight is 472 g/mol. The maximum atomic E-state index is 13.1. The van der Waals surface area contributed by atoms with E-state index in [0.717, 1.165) is 10.1 Å². The molecular formula is C22H25N5O5S. The first-order chi connectivity index (χ1) is 15.6. The lowest BCUT2D eigenvalue weighted by Crippen LogP contribution is -2.39. The lowest BCUT2D eigenvalue weighted by atomic mass is 10.2. The van der Waals surface area contributed by atoms with E-state index >= 15 is 0 Å². The minimum absolute atomic E-state index is 0.0978. The van der Waals surface area contributed by atoms with Crippen molar-refractivity contribution in [2.75, 3.05) is 26.2 Å². The van der Waals surface area contributed by atoms with E-state index in [0.29, 0.717) is 19.5 Å². The second kappa shape index (κ2) is 8.56. The van der Waals surface area contributed by atoms with Gasteiger partial charge in [0.15, 0.2) is 0 Å². The van der Waals surface area contributed by atoms with E-state index in [1.165, 1.54) is 35.1 Å². The number of benzene rings is 1. The number of sulfonamides is 1. The molecule has 3 heterocycles. The van der Waals surface area contributed by atoms with Crippen LogP contribution in [0.15, 0.2) is 50.9 Å². The van der Waals surface area contributed by atoms with E-state index in [1.807, 2.05) is 6.92 Å². The van der Waals surface area contributed by atoms with Crippen LogP contribution in [0.4, 0.5) is 0 Å². The average Bonchev–Trinajstić information content (AvgIpc) is 3.08. The number of hydrogen-bond acceptors (Lipinski definition) is 6. The molecule has 1 aliphatic heterocycles. The predicted molar refractivity (Wildman–Crippen MR) is 123 cm³/mol. The smallest absolute Gasteiger partial charge is 0.332 e. The summed E-state index contributed by atoms with van der Waals surface area (Å²) >= 11 is 0. The number of aryl methyl sites for hydroxylation is 2. The minimum atomic E-state index is -3.66. The molecule has 2 aromatic heterocycles. The first-order valence-corrected chi connectivity index (χ1v) is 12.0. The molecule has 1 aromatic carbocycles. The first-order valence-electron chi connectivity index (χ1n) is 10.5. The summed E-state index contributed by atoms with van der Waals surface area (Å²) in [6.07, 6.45) is 0.476. The van der Waals surface area contributed by atoms with Crippen molar-refractivity contribution in [3.05, 3.63) is 68.5 Å². The van der Waals surface area contributed by atoms with Crippen molar-refractivity contribution in [3.8, 4) is 0 Å². The van der Waals surface area contributed by atoms with Gasteiger partial charge in [-0.25, -0.2) is 18.2 Å². The van der Waals surface area contributed by atoms with Crippen LogP contribution < -0.4 is 11.2 Å². The van der Waals surface area contributed by atoms with Crippen molar-refractivity contribution in [3.63, 3.8) is 0 Å². The number of aromatic nitrogens is 3. The zero-order valence-corrected chi connectivity index (χ0v) is 19.5. The molecule has 0 aliphatic carbocycles. The van der Waals surface area contributed by atoms with Crippen LogP contribution in [-0.2, 0) is 24.1 Å². The molecule has 1 fully saturated rings. The van der Waals surface area contributed by atoms with Gasteiger partial charge in [-0.1, -0.05) is 17.7 Å². The van der Waals surface area contributed by atoms with E-state index in [4.69, 9.17) is 0 Å². The zero-order valence-electron chi connectivity index (χ0n) is 18.7. The Labute approximate surface area is 190 Å². The summed E-state index contributed by atoms with van der Waals surface area (Å²) in [6.45, 7) is 2.93. The van der Waals surface area contributed by atoms with Crippen molar-refractivity contribution in [1.29, 1.82) is 0 Å². The summed E-state index contributed by atoms with van der Waals surface area (Å²) < 4.78 is 29.7. The number of hydrogen-bond donors (Lipinski definition) is 0. The molecule has 0 unspecified atom stereocenters. The van der Waals surface area contributed by atoms with Crippen LogP contribution in [0.3, 0.4) is 0 Å². The maximum Gasteiger partial charge on any atom is 0.332 e. The van der Waals surface area contributed by atoms with Gasteiger partial charge in [0, 0.05) is 40.3 Å². The molecule has 0 saturated carbocycles. The van der Waals surface area contributed by atoms with Gasteiger partial charge in [0.05, 0.1) is 10.3 Å². The van der Waals surface area contributed by atoms with Crippen LogP contribution in [-0.4, -0.2) is 63.8 Å². The second-order valence-corrected chi connectivity index (χ2v) is 10.1. The number of rotatable bonds is 3. The molecule has 33 heavy (non-hydrogen) atoms. The van der Waals surface area contributed by atoms with Gasteiger partial charge in [-0.2, -0.15) is 4.31 Å². The summed E-state index contributed by atoms with van der Waals surface area (Å²) in [6, 6.07) is 9.64. The van der Waals surface area contributed by atoms with Gasteiger partial charge in [0.2, 0.25) is 10.0 Å². The highest BCUT2D eigenvalue weighted by Gasteiger charge is 2.29. The maximum absolute atomic E-state index is 13.1. The number of carbonyl (C=O) groups excluding carboxylic acids is 1. The molecule has 0 N–H and O–H groups in total. The van der Waals surface area contributed by atoms with Crippen LogP contribution in [0, 0.1) is 6.92 Å². The van der Waals surface area contributed by atoms with Gasteiger partial charge in [0.1, 0.15) is 11.3 Å². The number of nitrogens with zero attached hydrogens (tertiary/aromatic N) is 5. The highest BCUT2D eigenvalue weighted by Crippen LogP contribution is 2.19. The third kappa shape index (κ3) is 4.09. The zero-order chi connectivity index (χ0) is 23.9. The van der Waals surface area contributed by atoms with Gasteiger partial charge in [-0.15, -0.1) is 0 Å². The first kappa shape index (κ1) is 22.9. The molecule has 0 atom stereocenters. The van der Waals surface area contributed by atoms with Crippen molar-refractivity contribution >= 4 is 27.0 Å². The van der Waals surface area contributed by atoms with Gasteiger partial charge in [-0.05, 0) is 37.6 Å². The Morgan fingerprint density at radius 3 is 2.30 bits per heavy atom. The van der Waals surface area contributed by atoms with Crippen LogP contribution >= 0.6 is 0 Å².